The van der Waals surface area contributed by atoms with Gasteiger partial charge < -0.3 is 4.52 Å². The molecule has 2 heterocycles. The van der Waals surface area contributed by atoms with Crippen LogP contribution in [0.5, 0.6) is 0 Å². The Bertz CT molecular complexity index is 858. The number of piperidine rings is 1. The van der Waals surface area contributed by atoms with Crippen molar-refractivity contribution in [3.8, 4) is 0 Å². The third-order valence-corrected chi connectivity index (χ3v) is 6.17. The Labute approximate surface area is 147 Å². The van der Waals surface area contributed by atoms with E-state index in [1.54, 1.807) is 37.3 Å². The number of anilines is 1. The second kappa shape index (κ2) is 6.97. The first-order valence-electron chi connectivity index (χ1n) is 8.17. The predicted octanol–water partition coefficient (Wildman–Crippen LogP) is 2.33. The Morgan fingerprint density at radius 3 is 2.64 bits per heavy atom. The molecule has 1 N–H and O–H groups in total. The maximum absolute atomic E-state index is 12.8. The van der Waals surface area contributed by atoms with Crippen molar-refractivity contribution in [2.75, 3.05) is 18.4 Å². The summed E-state index contributed by atoms with van der Waals surface area (Å²) in [7, 11) is -3.60. The summed E-state index contributed by atoms with van der Waals surface area (Å²) in [5, 5.41) is 6.38. The lowest BCUT2D eigenvalue weighted by atomic mass is 9.99. The maximum Gasteiger partial charge on any atom is 0.243 e. The Morgan fingerprint density at radius 1 is 1.28 bits per heavy atom. The van der Waals surface area contributed by atoms with Crippen LogP contribution in [0.2, 0.25) is 0 Å². The molecule has 7 nitrogen and oxygen atoms in total. The standard InChI is InChI=1S/C17H21N3O4S/c1-12-5-7-15(8-6-12)25(22,23)20-9-3-4-14(11-20)17(21)18-16-10-13(2)19-24-16/h5-8,10,14H,3-4,9,11H2,1-2H3,(H,18,21). The highest BCUT2D eigenvalue weighted by Gasteiger charge is 2.33. The molecule has 0 spiro atoms. The Hall–Kier alpha value is -2.19. The van der Waals surface area contributed by atoms with E-state index in [0.717, 1.165) is 5.56 Å². The van der Waals surface area contributed by atoms with Crippen LogP contribution in [0.1, 0.15) is 24.1 Å². The van der Waals surface area contributed by atoms with Gasteiger partial charge in [0.1, 0.15) is 0 Å². The van der Waals surface area contributed by atoms with Crippen molar-refractivity contribution >= 4 is 21.8 Å². The van der Waals surface area contributed by atoms with E-state index in [-0.39, 0.29) is 23.2 Å². The molecule has 1 amide bonds. The van der Waals surface area contributed by atoms with Crippen LogP contribution in [0.4, 0.5) is 5.88 Å². The highest BCUT2D eigenvalue weighted by molar-refractivity contribution is 7.89. The predicted molar refractivity (Wildman–Crippen MR) is 92.5 cm³/mol. The van der Waals surface area contributed by atoms with Crippen molar-refractivity contribution in [3.05, 3.63) is 41.6 Å². The molecule has 1 saturated heterocycles. The van der Waals surface area contributed by atoms with Crippen molar-refractivity contribution in [1.29, 1.82) is 0 Å². The molecule has 25 heavy (non-hydrogen) atoms. The minimum Gasteiger partial charge on any atom is -0.338 e. The zero-order valence-electron chi connectivity index (χ0n) is 14.2. The number of aryl methyl sites for hydroxylation is 2. The number of aromatic nitrogens is 1. The zero-order chi connectivity index (χ0) is 18.0. The highest BCUT2D eigenvalue weighted by Crippen LogP contribution is 2.25. The molecule has 1 unspecified atom stereocenters. The Balaban J connectivity index is 1.71. The number of rotatable bonds is 4. The van der Waals surface area contributed by atoms with Crippen LogP contribution in [0, 0.1) is 19.8 Å². The van der Waals surface area contributed by atoms with Crippen molar-refractivity contribution in [3.63, 3.8) is 0 Å². The molecule has 134 valence electrons. The Kier molecular flexibility index (Phi) is 4.91. The summed E-state index contributed by atoms with van der Waals surface area (Å²) >= 11 is 0. The summed E-state index contributed by atoms with van der Waals surface area (Å²) in [4.78, 5) is 12.7. The third kappa shape index (κ3) is 3.91. The number of benzene rings is 1. The molecule has 3 rings (SSSR count). The van der Waals surface area contributed by atoms with Crippen LogP contribution in [0.15, 0.2) is 39.8 Å². The molecule has 0 bridgehead atoms. The van der Waals surface area contributed by atoms with E-state index in [0.29, 0.717) is 25.1 Å². The van der Waals surface area contributed by atoms with Crippen molar-refractivity contribution in [2.45, 2.75) is 31.6 Å². The number of amides is 1. The lowest BCUT2D eigenvalue weighted by molar-refractivity contribution is -0.121. The van der Waals surface area contributed by atoms with Gasteiger partial charge >= 0.3 is 0 Å². The zero-order valence-corrected chi connectivity index (χ0v) is 15.0. The molecular formula is C17H21N3O4S. The fourth-order valence-corrected chi connectivity index (χ4v) is 4.40. The van der Waals surface area contributed by atoms with E-state index in [9.17, 15) is 13.2 Å². The molecule has 1 atom stereocenters. The normalized spacial score (nSPS) is 18.9. The van der Waals surface area contributed by atoms with Gasteiger partial charge in [-0.1, -0.05) is 22.9 Å². The van der Waals surface area contributed by atoms with Crippen molar-refractivity contribution in [2.24, 2.45) is 5.92 Å². The molecule has 2 aromatic rings. The molecule has 1 aromatic heterocycles. The first-order valence-corrected chi connectivity index (χ1v) is 9.61. The van der Waals surface area contributed by atoms with E-state index in [2.05, 4.69) is 10.5 Å². The molecule has 1 fully saturated rings. The van der Waals surface area contributed by atoms with Crippen LogP contribution >= 0.6 is 0 Å². The van der Waals surface area contributed by atoms with Crippen molar-refractivity contribution < 1.29 is 17.7 Å². The SMILES string of the molecule is Cc1ccc(S(=O)(=O)N2CCCC(C(=O)Nc3cc(C)no3)C2)cc1. The largest absolute Gasteiger partial charge is 0.338 e. The number of carbonyl (C=O) groups is 1. The van der Waals surface area contributed by atoms with Gasteiger partial charge in [0.25, 0.3) is 0 Å². The second-order valence-electron chi connectivity index (χ2n) is 6.34. The van der Waals surface area contributed by atoms with Crippen molar-refractivity contribution in [1.82, 2.24) is 9.46 Å². The van der Waals surface area contributed by atoms with Gasteiger partial charge in [-0.05, 0) is 38.8 Å². The lowest BCUT2D eigenvalue weighted by Crippen LogP contribution is -2.43. The van der Waals surface area contributed by atoms with Gasteiger partial charge in [0.05, 0.1) is 16.5 Å². The summed E-state index contributed by atoms with van der Waals surface area (Å²) in [5.41, 5.74) is 1.67. The quantitative estimate of drug-likeness (QED) is 0.900. The number of sulfonamides is 1. The van der Waals surface area contributed by atoms with Gasteiger partial charge in [0.2, 0.25) is 21.8 Å². The average molecular weight is 363 g/mol. The van der Waals surface area contributed by atoms with Gasteiger partial charge in [0, 0.05) is 19.2 Å². The smallest absolute Gasteiger partial charge is 0.243 e. The summed E-state index contributed by atoms with van der Waals surface area (Å²) in [6, 6.07) is 8.37. The van der Waals surface area contributed by atoms with Gasteiger partial charge in [0.15, 0.2) is 0 Å². The van der Waals surface area contributed by atoms with Crippen LogP contribution in [0.25, 0.3) is 0 Å². The molecule has 0 saturated carbocycles. The molecule has 8 heteroatoms. The highest BCUT2D eigenvalue weighted by atomic mass is 32.2. The van der Waals surface area contributed by atoms with E-state index < -0.39 is 15.9 Å². The monoisotopic (exact) mass is 363 g/mol. The molecule has 1 aromatic carbocycles. The molecule has 1 aliphatic rings. The third-order valence-electron chi connectivity index (χ3n) is 4.29. The van der Waals surface area contributed by atoms with Gasteiger partial charge in [-0.2, -0.15) is 4.31 Å². The van der Waals surface area contributed by atoms with E-state index >= 15 is 0 Å². The van der Waals surface area contributed by atoms with E-state index in [1.165, 1.54) is 4.31 Å². The second-order valence-corrected chi connectivity index (χ2v) is 8.27. The van der Waals surface area contributed by atoms with E-state index in [1.807, 2.05) is 6.92 Å². The van der Waals surface area contributed by atoms with Crippen LogP contribution in [-0.2, 0) is 14.8 Å². The lowest BCUT2D eigenvalue weighted by Gasteiger charge is -2.31. The van der Waals surface area contributed by atoms with E-state index in [4.69, 9.17) is 4.52 Å². The van der Waals surface area contributed by atoms with Gasteiger partial charge in [-0.25, -0.2) is 8.42 Å². The number of nitrogens with zero attached hydrogens (tertiary/aromatic N) is 2. The summed E-state index contributed by atoms with van der Waals surface area (Å²) in [6.07, 6.45) is 1.28. The first kappa shape index (κ1) is 17.6. The molecule has 0 aliphatic carbocycles. The molecular weight excluding hydrogens is 342 g/mol. The fourth-order valence-electron chi connectivity index (χ4n) is 2.88. The van der Waals surface area contributed by atoms with Gasteiger partial charge in [-0.15, -0.1) is 0 Å². The molecule has 1 aliphatic heterocycles. The minimum absolute atomic E-state index is 0.162. The number of carbonyl (C=O) groups excluding carboxylic acids is 1. The average Bonchev–Trinajstić information content (AvgIpc) is 3.00. The summed E-state index contributed by atoms with van der Waals surface area (Å²) < 4.78 is 32.0. The Morgan fingerprint density at radius 2 is 2.00 bits per heavy atom. The molecule has 0 radical (unpaired) electrons. The maximum atomic E-state index is 12.8. The fraction of sp³-hybridized carbons (Fsp3) is 0.412. The minimum atomic E-state index is -3.60. The summed E-state index contributed by atoms with van der Waals surface area (Å²) in [6.45, 7) is 4.25. The number of hydrogen-bond donors (Lipinski definition) is 1. The van der Waals surface area contributed by atoms with Crippen LogP contribution in [0.3, 0.4) is 0 Å². The first-order chi connectivity index (χ1) is 11.9. The van der Waals surface area contributed by atoms with Crippen LogP contribution in [-0.4, -0.2) is 36.9 Å². The summed E-state index contributed by atoms with van der Waals surface area (Å²) in [5.74, 6) is -0.389. The number of hydrogen-bond acceptors (Lipinski definition) is 5. The topological polar surface area (TPSA) is 92.5 Å². The number of nitrogens with one attached hydrogen (secondary N) is 1. The van der Waals surface area contributed by atoms with Crippen LogP contribution < -0.4 is 5.32 Å². The van der Waals surface area contributed by atoms with Gasteiger partial charge in [-0.3, -0.25) is 10.1 Å².